The van der Waals surface area contributed by atoms with Crippen LogP contribution in [0.25, 0.3) is 0 Å². The van der Waals surface area contributed by atoms with Crippen LogP contribution in [0.3, 0.4) is 0 Å². The van der Waals surface area contributed by atoms with E-state index in [0.717, 1.165) is 13.0 Å². The molecular formula is C4H13NO2P+. The predicted molar refractivity (Wildman–Crippen MR) is 33.0 cm³/mol. The average Bonchev–Trinajstić information content (AvgIpc) is 1.59. The molecule has 0 saturated heterocycles. The lowest BCUT2D eigenvalue weighted by atomic mass is 10.5. The molecule has 0 aliphatic heterocycles. The second kappa shape index (κ2) is 3.23. The van der Waals surface area contributed by atoms with Gasteiger partial charge in [-0.15, -0.1) is 0 Å². The highest BCUT2D eigenvalue weighted by atomic mass is 31.2. The maximum atomic E-state index is 10.5. The molecule has 0 aromatic rings. The Bertz CT molecular complexity index is 98.2. The highest BCUT2D eigenvalue weighted by molar-refractivity contribution is 7.57. The Morgan fingerprint density at radius 3 is 2.38 bits per heavy atom. The van der Waals surface area contributed by atoms with Crippen LogP contribution in [0.5, 0.6) is 0 Å². The first-order valence-electron chi connectivity index (χ1n) is 2.65. The third-order valence-electron chi connectivity index (χ3n) is 0.823. The van der Waals surface area contributed by atoms with Crippen LogP contribution in [0.1, 0.15) is 6.42 Å². The predicted octanol–water partition coefficient (Wildman–Crippen LogP) is -0.481. The largest absolute Gasteiger partial charge is 0.358 e. The lowest BCUT2D eigenvalue weighted by Gasteiger charge is -1.99. The van der Waals surface area contributed by atoms with Crippen molar-refractivity contribution in [2.45, 2.75) is 6.42 Å². The minimum Gasteiger partial charge on any atom is -0.358 e. The Morgan fingerprint density at radius 1 is 1.75 bits per heavy atom. The lowest BCUT2D eigenvalue weighted by molar-refractivity contribution is -0.367. The first-order valence-corrected chi connectivity index (χ1v) is 4.94. The smallest absolute Gasteiger partial charge is 0.197 e. The Morgan fingerprint density at radius 2 is 2.25 bits per heavy atom. The number of hydrogen-bond acceptors (Lipinski definition) is 1. The van der Waals surface area contributed by atoms with E-state index < -0.39 is 7.37 Å². The van der Waals surface area contributed by atoms with E-state index >= 15 is 0 Å². The molecule has 4 heteroatoms. The molecule has 1 atom stereocenters. The van der Waals surface area contributed by atoms with Gasteiger partial charge in [0.1, 0.15) is 0 Å². The van der Waals surface area contributed by atoms with Gasteiger partial charge in [-0.2, -0.15) is 0 Å². The van der Waals surface area contributed by atoms with E-state index in [-0.39, 0.29) is 0 Å². The molecule has 0 amide bonds. The molecule has 0 aromatic carbocycles. The lowest BCUT2D eigenvalue weighted by Crippen LogP contribution is -2.50. The first kappa shape index (κ1) is 8.15. The van der Waals surface area contributed by atoms with E-state index in [2.05, 4.69) is 5.73 Å². The van der Waals surface area contributed by atoms with Crippen molar-refractivity contribution in [3.8, 4) is 0 Å². The van der Waals surface area contributed by atoms with Gasteiger partial charge in [0.05, 0.1) is 6.54 Å². The van der Waals surface area contributed by atoms with Crippen molar-refractivity contribution in [3.05, 3.63) is 0 Å². The molecule has 3 nitrogen and oxygen atoms in total. The molecule has 0 heterocycles. The molecule has 0 fully saturated rings. The highest BCUT2D eigenvalue weighted by Crippen LogP contribution is 2.34. The number of rotatable bonds is 3. The zero-order chi connectivity index (χ0) is 6.62. The Hall–Kier alpha value is 0.150. The molecule has 50 valence electrons. The van der Waals surface area contributed by atoms with E-state index in [1.54, 1.807) is 0 Å². The quantitative estimate of drug-likeness (QED) is 0.517. The van der Waals surface area contributed by atoms with Crippen molar-refractivity contribution < 1.29 is 15.2 Å². The van der Waals surface area contributed by atoms with Gasteiger partial charge in [0.2, 0.25) is 0 Å². The molecule has 0 saturated carbocycles. The van der Waals surface area contributed by atoms with Gasteiger partial charge in [-0.1, -0.05) is 0 Å². The number of quaternary nitrogens is 1. The van der Waals surface area contributed by atoms with Gasteiger partial charge < -0.3 is 10.6 Å². The second-order valence-corrected chi connectivity index (χ2v) is 4.53. The Balaban J connectivity index is 3.26. The molecule has 0 rings (SSSR count). The van der Waals surface area contributed by atoms with Crippen LogP contribution in [0.15, 0.2) is 0 Å². The second-order valence-electron chi connectivity index (χ2n) is 1.98. The van der Waals surface area contributed by atoms with E-state index in [0.29, 0.717) is 6.16 Å². The Labute approximate surface area is 49.3 Å². The normalized spacial score (nSPS) is 17.9. The van der Waals surface area contributed by atoms with Crippen LogP contribution in [0.2, 0.25) is 0 Å². The van der Waals surface area contributed by atoms with Crippen molar-refractivity contribution in [3.63, 3.8) is 0 Å². The summed E-state index contributed by atoms with van der Waals surface area (Å²) in [6.07, 6.45) is 1.17. The van der Waals surface area contributed by atoms with Crippen molar-refractivity contribution in [1.29, 1.82) is 0 Å². The van der Waals surface area contributed by atoms with E-state index in [4.69, 9.17) is 4.89 Å². The van der Waals surface area contributed by atoms with Crippen LogP contribution < -0.4 is 5.73 Å². The van der Waals surface area contributed by atoms with Crippen molar-refractivity contribution in [1.82, 2.24) is 0 Å². The average molecular weight is 138 g/mol. The maximum absolute atomic E-state index is 10.5. The molecule has 4 N–H and O–H groups in total. The van der Waals surface area contributed by atoms with Crippen LogP contribution in [0, 0.1) is 0 Å². The van der Waals surface area contributed by atoms with Crippen LogP contribution in [-0.2, 0) is 4.57 Å². The highest BCUT2D eigenvalue weighted by Gasteiger charge is 2.07. The molecule has 0 aliphatic carbocycles. The summed E-state index contributed by atoms with van der Waals surface area (Å²) in [6, 6.07) is 0. The van der Waals surface area contributed by atoms with Crippen molar-refractivity contribution in [2.75, 3.05) is 19.4 Å². The fourth-order valence-electron chi connectivity index (χ4n) is 0.405. The molecule has 0 aliphatic rings. The topological polar surface area (TPSA) is 64.9 Å². The van der Waals surface area contributed by atoms with Crippen LogP contribution in [0.4, 0.5) is 0 Å². The fraction of sp³-hybridized carbons (Fsp3) is 1.00. The molecule has 0 aromatic heterocycles. The molecule has 0 spiro atoms. The van der Waals surface area contributed by atoms with E-state index in [9.17, 15) is 4.57 Å². The Kier molecular flexibility index (Phi) is 3.29. The summed E-state index contributed by atoms with van der Waals surface area (Å²) < 4.78 is 10.5. The van der Waals surface area contributed by atoms with Crippen molar-refractivity contribution >= 4 is 7.37 Å². The molecule has 8 heavy (non-hydrogen) atoms. The zero-order valence-electron chi connectivity index (χ0n) is 5.13. The van der Waals surface area contributed by atoms with E-state index in [1.807, 2.05) is 0 Å². The standard InChI is InChI=1S/C4H12NO2P/c1-8(6,7)4-2-3-5/h2-5H2,1H3,(H,6,7)/p+1. The SMILES string of the molecule is CP(=O)(O)CCC[NH3+]. The number of hydrogen-bond donors (Lipinski definition) is 2. The first-order chi connectivity index (χ1) is 3.56. The minimum atomic E-state index is -2.72. The molecule has 0 bridgehead atoms. The van der Waals surface area contributed by atoms with Gasteiger partial charge >= 0.3 is 0 Å². The summed E-state index contributed by atoms with van der Waals surface area (Å²) >= 11 is 0. The van der Waals surface area contributed by atoms with Gasteiger partial charge in [0.15, 0.2) is 7.37 Å². The zero-order valence-corrected chi connectivity index (χ0v) is 6.03. The van der Waals surface area contributed by atoms with Gasteiger partial charge in [-0.25, -0.2) is 0 Å². The summed E-state index contributed by atoms with van der Waals surface area (Å²) in [7, 11) is -2.72. The summed E-state index contributed by atoms with van der Waals surface area (Å²) in [5.74, 6) is 0. The van der Waals surface area contributed by atoms with Gasteiger partial charge in [-0.3, -0.25) is 4.57 Å². The summed E-state index contributed by atoms with van der Waals surface area (Å²) in [6.45, 7) is 2.13. The summed E-state index contributed by atoms with van der Waals surface area (Å²) in [5, 5.41) is 0. The van der Waals surface area contributed by atoms with Gasteiger partial charge in [0.25, 0.3) is 0 Å². The van der Waals surface area contributed by atoms with Gasteiger partial charge in [0, 0.05) is 19.2 Å². The third-order valence-corrected chi connectivity index (χ3v) is 1.97. The van der Waals surface area contributed by atoms with Crippen molar-refractivity contribution in [2.24, 2.45) is 0 Å². The minimum absolute atomic E-state index is 0.413. The molecule has 1 unspecified atom stereocenters. The van der Waals surface area contributed by atoms with E-state index in [1.165, 1.54) is 6.66 Å². The third kappa shape index (κ3) is 6.15. The van der Waals surface area contributed by atoms with Gasteiger partial charge in [-0.05, 0) is 0 Å². The molecule has 0 radical (unpaired) electrons. The summed E-state index contributed by atoms with van der Waals surface area (Å²) in [5.41, 5.74) is 3.56. The fourth-order valence-corrected chi connectivity index (χ4v) is 1.22. The maximum Gasteiger partial charge on any atom is 0.197 e. The van der Waals surface area contributed by atoms with Crippen LogP contribution >= 0.6 is 7.37 Å². The summed E-state index contributed by atoms with van der Waals surface area (Å²) in [4.78, 5) is 8.68. The van der Waals surface area contributed by atoms with Crippen LogP contribution in [-0.4, -0.2) is 24.3 Å². The molecular weight excluding hydrogens is 125 g/mol. The monoisotopic (exact) mass is 138 g/mol.